The zero-order valence-electron chi connectivity index (χ0n) is 17.4. The van der Waals surface area contributed by atoms with Crippen molar-refractivity contribution < 1.29 is 33.1 Å². The lowest BCUT2D eigenvalue weighted by Crippen LogP contribution is -2.13. The predicted molar refractivity (Wildman–Crippen MR) is 116 cm³/mol. The van der Waals surface area contributed by atoms with Crippen molar-refractivity contribution in [2.24, 2.45) is 0 Å². The van der Waals surface area contributed by atoms with E-state index in [0.29, 0.717) is 12.1 Å². The van der Waals surface area contributed by atoms with Crippen LogP contribution in [-0.2, 0) is 0 Å². The van der Waals surface area contributed by atoms with Crippen LogP contribution < -0.4 is 19.9 Å². The van der Waals surface area contributed by atoms with Crippen molar-refractivity contribution in [2.45, 2.75) is 13.3 Å². The molecule has 3 aromatic rings. The molecule has 0 amide bonds. The molecule has 0 fully saturated rings. The van der Waals surface area contributed by atoms with E-state index in [1.165, 1.54) is 30.3 Å². The monoisotopic (exact) mass is 454 g/mol. The van der Waals surface area contributed by atoms with Gasteiger partial charge in [-0.25, -0.2) is 9.59 Å². The zero-order valence-corrected chi connectivity index (χ0v) is 17.4. The molecule has 0 saturated carbocycles. The number of nitrogens with zero attached hydrogens (tertiary/aromatic N) is 1. The standard InChI is InChI=1S/C23H19FN2O7/c1-2-11-31-21-13-17(32-22(27)14-3-5-15(25)6-4-14)7-9-18(21)23(28)33-16-8-10-20(26(29)30)19(24)12-16/h3-10,12-13H,2,11,25H2,1H3. The van der Waals surface area contributed by atoms with Crippen molar-refractivity contribution in [2.75, 3.05) is 12.3 Å². The van der Waals surface area contributed by atoms with E-state index in [1.54, 1.807) is 12.1 Å². The first-order valence-corrected chi connectivity index (χ1v) is 9.79. The van der Waals surface area contributed by atoms with Crippen LogP contribution in [0.4, 0.5) is 15.8 Å². The third-order valence-electron chi connectivity index (χ3n) is 4.32. The van der Waals surface area contributed by atoms with Gasteiger partial charge in [-0.1, -0.05) is 6.92 Å². The molecule has 0 atom stereocenters. The van der Waals surface area contributed by atoms with Gasteiger partial charge in [-0.3, -0.25) is 10.1 Å². The number of nitro benzene ring substituents is 1. The maximum atomic E-state index is 13.8. The number of nitrogen functional groups attached to an aromatic ring is 1. The van der Waals surface area contributed by atoms with Crippen LogP contribution in [0.25, 0.3) is 0 Å². The van der Waals surface area contributed by atoms with Crippen LogP contribution in [0.5, 0.6) is 17.2 Å². The number of nitro groups is 1. The van der Waals surface area contributed by atoms with Crippen molar-refractivity contribution in [3.05, 3.63) is 87.7 Å². The first-order valence-electron chi connectivity index (χ1n) is 9.79. The van der Waals surface area contributed by atoms with E-state index in [0.717, 1.165) is 18.2 Å². The minimum Gasteiger partial charge on any atom is -0.493 e. The molecule has 2 N–H and O–H groups in total. The Hall–Kier alpha value is -4.47. The number of hydrogen-bond acceptors (Lipinski definition) is 8. The summed E-state index contributed by atoms with van der Waals surface area (Å²) >= 11 is 0. The number of carbonyl (C=O) groups excluding carboxylic acids is 2. The van der Waals surface area contributed by atoms with Crippen LogP contribution in [0.1, 0.15) is 34.1 Å². The summed E-state index contributed by atoms with van der Waals surface area (Å²) in [6, 6.07) is 13.0. The fraction of sp³-hybridized carbons (Fsp3) is 0.130. The highest BCUT2D eigenvalue weighted by Crippen LogP contribution is 2.28. The van der Waals surface area contributed by atoms with Crippen molar-refractivity contribution >= 4 is 23.3 Å². The van der Waals surface area contributed by atoms with Gasteiger partial charge in [-0.15, -0.1) is 0 Å². The molecule has 33 heavy (non-hydrogen) atoms. The largest absolute Gasteiger partial charge is 0.493 e. The molecule has 0 aromatic heterocycles. The lowest BCUT2D eigenvalue weighted by Gasteiger charge is -2.13. The Kier molecular flexibility index (Phi) is 7.19. The highest BCUT2D eigenvalue weighted by atomic mass is 19.1. The van der Waals surface area contributed by atoms with Crippen LogP contribution >= 0.6 is 0 Å². The summed E-state index contributed by atoms with van der Waals surface area (Å²) in [5, 5.41) is 10.7. The Morgan fingerprint density at radius 2 is 1.61 bits per heavy atom. The van der Waals surface area contributed by atoms with Crippen LogP contribution in [-0.4, -0.2) is 23.5 Å². The molecule has 0 aliphatic carbocycles. The average Bonchev–Trinajstić information content (AvgIpc) is 2.78. The van der Waals surface area contributed by atoms with E-state index < -0.39 is 28.4 Å². The van der Waals surface area contributed by atoms with Gasteiger partial charge in [0.05, 0.1) is 17.1 Å². The SMILES string of the molecule is CCCOc1cc(OC(=O)c2ccc(N)cc2)ccc1C(=O)Oc1ccc([N+](=O)[O-])c(F)c1. The fourth-order valence-corrected chi connectivity index (χ4v) is 2.71. The molecule has 10 heteroatoms. The summed E-state index contributed by atoms with van der Waals surface area (Å²) in [4.78, 5) is 34.8. The Morgan fingerprint density at radius 3 is 2.24 bits per heavy atom. The smallest absolute Gasteiger partial charge is 0.347 e. The summed E-state index contributed by atoms with van der Waals surface area (Å²) in [6.45, 7) is 2.13. The van der Waals surface area contributed by atoms with Gasteiger partial charge in [0, 0.05) is 23.9 Å². The molecular weight excluding hydrogens is 435 g/mol. The number of rotatable bonds is 8. The van der Waals surface area contributed by atoms with Crippen molar-refractivity contribution in [3.8, 4) is 17.2 Å². The van der Waals surface area contributed by atoms with Crippen LogP contribution in [0.15, 0.2) is 60.7 Å². The minimum atomic E-state index is -1.14. The molecule has 170 valence electrons. The Bertz CT molecular complexity index is 1200. The lowest BCUT2D eigenvalue weighted by molar-refractivity contribution is -0.387. The van der Waals surface area contributed by atoms with Crippen molar-refractivity contribution in [3.63, 3.8) is 0 Å². The fourth-order valence-electron chi connectivity index (χ4n) is 2.71. The first-order chi connectivity index (χ1) is 15.8. The normalized spacial score (nSPS) is 10.4. The number of nitrogens with two attached hydrogens (primary N) is 1. The average molecular weight is 454 g/mol. The maximum absolute atomic E-state index is 13.8. The second-order valence-corrected chi connectivity index (χ2v) is 6.78. The summed E-state index contributed by atoms with van der Waals surface area (Å²) in [5.74, 6) is -2.66. The summed E-state index contributed by atoms with van der Waals surface area (Å²) in [5.41, 5.74) is 5.64. The van der Waals surface area contributed by atoms with E-state index in [1.807, 2.05) is 6.92 Å². The molecule has 0 radical (unpaired) electrons. The highest BCUT2D eigenvalue weighted by molar-refractivity contribution is 5.95. The maximum Gasteiger partial charge on any atom is 0.347 e. The van der Waals surface area contributed by atoms with E-state index in [4.69, 9.17) is 19.9 Å². The van der Waals surface area contributed by atoms with Crippen molar-refractivity contribution in [1.82, 2.24) is 0 Å². The van der Waals surface area contributed by atoms with Crippen molar-refractivity contribution in [1.29, 1.82) is 0 Å². The number of benzene rings is 3. The van der Waals surface area contributed by atoms with Gasteiger partial charge in [0.15, 0.2) is 0 Å². The predicted octanol–water partition coefficient (Wildman–Crippen LogP) is 4.54. The highest BCUT2D eigenvalue weighted by Gasteiger charge is 2.20. The molecule has 9 nitrogen and oxygen atoms in total. The number of hydrogen-bond donors (Lipinski definition) is 1. The quantitative estimate of drug-likeness (QED) is 0.172. The molecule has 0 bridgehead atoms. The van der Waals surface area contributed by atoms with E-state index in [9.17, 15) is 24.1 Å². The number of ether oxygens (including phenoxy) is 3. The first kappa shape index (κ1) is 23.2. The van der Waals surface area contributed by atoms with Gasteiger partial charge in [0.1, 0.15) is 22.8 Å². The Morgan fingerprint density at radius 1 is 0.970 bits per heavy atom. The van der Waals surface area contributed by atoms with Gasteiger partial charge in [0.2, 0.25) is 5.82 Å². The summed E-state index contributed by atoms with van der Waals surface area (Å²) in [7, 11) is 0. The number of anilines is 1. The third kappa shape index (κ3) is 5.82. The molecule has 0 unspecified atom stereocenters. The van der Waals surface area contributed by atoms with E-state index in [-0.39, 0.29) is 35.0 Å². The number of halogens is 1. The molecule has 3 aromatic carbocycles. The second-order valence-electron chi connectivity index (χ2n) is 6.78. The van der Waals surface area contributed by atoms with E-state index >= 15 is 0 Å². The van der Waals surface area contributed by atoms with Gasteiger partial charge in [-0.2, -0.15) is 4.39 Å². The zero-order chi connectivity index (χ0) is 24.0. The van der Waals surface area contributed by atoms with Gasteiger partial charge >= 0.3 is 17.6 Å². The third-order valence-corrected chi connectivity index (χ3v) is 4.32. The molecule has 0 heterocycles. The molecule has 0 aliphatic rings. The van der Waals surface area contributed by atoms with E-state index in [2.05, 4.69) is 0 Å². The minimum absolute atomic E-state index is 0.00510. The van der Waals surface area contributed by atoms with Crippen LogP contribution in [0, 0.1) is 15.9 Å². The number of esters is 2. The molecule has 3 rings (SSSR count). The Labute approximate surface area is 187 Å². The molecular formula is C23H19FN2O7. The Balaban J connectivity index is 1.81. The van der Waals surface area contributed by atoms with Crippen LogP contribution in [0.3, 0.4) is 0 Å². The molecule has 0 aliphatic heterocycles. The number of carbonyl (C=O) groups is 2. The topological polar surface area (TPSA) is 131 Å². The van der Waals surface area contributed by atoms with Gasteiger partial charge < -0.3 is 19.9 Å². The second kappa shape index (κ2) is 10.2. The molecule has 0 spiro atoms. The lowest BCUT2D eigenvalue weighted by atomic mass is 10.2. The molecule has 0 saturated heterocycles. The summed E-state index contributed by atoms with van der Waals surface area (Å²) in [6.07, 6.45) is 0.636. The van der Waals surface area contributed by atoms with Crippen LogP contribution in [0.2, 0.25) is 0 Å². The summed E-state index contributed by atoms with van der Waals surface area (Å²) < 4.78 is 29.9. The van der Waals surface area contributed by atoms with Gasteiger partial charge in [-0.05, 0) is 48.9 Å². The van der Waals surface area contributed by atoms with Gasteiger partial charge in [0.25, 0.3) is 0 Å².